The summed E-state index contributed by atoms with van der Waals surface area (Å²) in [6.45, 7) is 10.4. The molecular weight excluding hydrogens is 430 g/mol. The van der Waals surface area contributed by atoms with Crippen molar-refractivity contribution in [2.75, 3.05) is 31.8 Å². The maximum atomic E-state index is 13.6. The molecule has 1 amide bonds. The number of hydrogen-bond acceptors (Lipinski definition) is 7. The molecule has 0 aromatic heterocycles. The van der Waals surface area contributed by atoms with E-state index in [1.807, 2.05) is 13.8 Å². The number of carbonyl (C=O) groups is 3. The Kier molecular flexibility index (Phi) is 8.13. The van der Waals surface area contributed by atoms with Gasteiger partial charge in [0.05, 0.1) is 24.5 Å². The Balaban J connectivity index is 2.41. The number of nitrogens with zero attached hydrogens (tertiary/aromatic N) is 1. The molecule has 1 aromatic carbocycles. The first kappa shape index (κ1) is 26.6. The number of para-hydroxylation sites is 2. The van der Waals surface area contributed by atoms with Crippen molar-refractivity contribution >= 4 is 23.5 Å². The molecule has 0 radical (unpaired) electrons. The average molecular weight is 466 g/mol. The van der Waals surface area contributed by atoms with Crippen molar-refractivity contribution < 1.29 is 38.4 Å². The molecule has 1 fully saturated rings. The van der Waals surface area contributed by atoms with Crippen LogP contribution in [0.25, 0.3) is 0 Å². The molecule has 2 rings (SSSR count). The molecule has 1 aliphatic heterocycles. The van der Waals surface area contributed by atoms with E-state index >= 15 is 0 Å². The SMILES string of the molecule is COC(C)(C)CCOc1ccccc1N1CCO[C@H]([C@@](OC(C)=O)(C(=O)O)C(C)(C)C)C1=O. The molecule has 0 unspecified atom stereocenters. The maximum Gasteiger partial charge on any atom is 0.352 e. The van der Waals surface area contributed by atoms with Crippen LogP contribution in [0.2, 0.25) is 0 Å². The molecule has 33 heavy (non-hydrogen) atoms. The van der Waals surface area contributed by atoms with E-state index in [0.29, 0.717) is 24.5 Å². The van der Waals surface area contributed by atoms with Crippen LogP contribution in [0.5, 0.6) is 5.75 Å². The molecule has 184 valence electrons. The third kappa shape index (κ3) is 5.65. The van der Waals surface area contributed by atoms with Crippen molar-refractivity contribution in [2.24, 2.45) is 5.41 Å². The molecule has 9 nitrogen and oxygen atoms in total. The largest absolute Gasteiger partial charge is 0.491 e. The first-order chi connectivity index (χ1) is 15.3. The van der Waals surface area contributed by atoms with Crippen LogP contribution in [0.1, 0.15) is 48.0 Å². The molecule has 1 N–H and O–H groups in total. The highest BCUT2D eigenvalue weighted by molar-refractivity contribution is 6.03. The van der Waals surface area contributed by atoms with Gasteiger partial charge in [-0.15, -0.1) is 0 Å². The van der Waals surface area contributed by atoms with Crippen LogP contribution in [-0.2, 0) is 28.6 Å². The van der Waals surface area contributed by atoms with Crippen LogP contribution < -0.4 is 9.64 Å². The highest BCUT2D eigenvalue weighted by Crippen LogP contribution is 2.42. The Morgan fingerprint density at radius 2 is 1.82 bits per heavy atom. The van der Waals surface area contributed by atoms with Gasteiger partial charge in [0.25, 0.3) is 5.91 Å². The van der Waals surface area contributed by atoms with Gasteiger partial charge in [0.15, 0.2) is 6.10 Å². The fraction of sp³-hybridized carbons (Fsp3) is 0.625. The zero-order chi connectivity index (χ0) is 25.0. The summed E-state index contributed by atoms with van der Waals surface area (Å²) in [5, 5.41) is 10.1. The quantitative estimate of drug-likeness (QED) is 0.554. The number of ether oxygens (including phenoxy) is 4. The second-order valence-electron chi connectivity index (χ2n) is 9.66. The van der Waals surface area contributed by atoms with Crippen molar-refractivity contribution in [3.8, 4) is 5.75 Å². The van der Waals surface area contributed by atoms with Gasteiger partial charge in [-0.1, -0.05) is 32.9 Å². The molecule has 0 saturated carbocycles. The Morgan fingerprint density at radius 3 is 2.36 bits per heavy atom. The summed E-state index contributed by atoms with van der Waals surface area (Å²) < 4.78 is 22.4. The lowest BCUT2D eigenvalue weighted by Crippen LogP contribution is -2.68. The minimum absolute atomic E-state index is 0.0633. The normalized spacial score (nSPS) is 19.1. The van der Waals surface area contributed by atoms with Gasteiger partial charge in [0, 0.05) is 32.4 Å². The van der Waals surface area contributed by atoms with Crippen molar-refractivity contribution in [1.29, 1.82) is 0 Å². The van der Waals surface area contributed by atoms with Gasteiger partial charge in [-0.25, -0.2) is 4.79 Å². The molecule has 0 aliphatic carbocycles. The summed E-state index contributed by atoms with van der Waals surface area (Å²) in [7, 11) is 1.63. The van der Waals surface area contributed by atoms with Crippen LogP contribution in [0.3, 0.4) is 0 Å². The number of amides is 1. The zero-order valence-electron chi connectivity index (χ0n) is 20.5. The Hall–Kier alpha value is -2.65. The predicted molar refractivity (Wildman–Crippen MR) is 121 cm³/mol. The van der Waals surface area contributed by atoms with E-state index in [0.717, 1.165) is 6.92 Å². The fourth-order valence-electron chi connectivity index (χ4n) is 3.73. The Labute approximate surface area is 194 Å². The first-order valence-corrected chi connectivity index (χ1v) is 10.9. The number of morpholine rings is 1. The van der Waals surface area contributed by atoms with E-state index in [4.69, 9.17) is 18.9 Å². The number of carboxylic acids is 1. The first-order valence-electron chi connectivity index (χ1n) is 10.9. The smallest absolute Gasteiger partial charge is 0.352 e. The maximum absolute atomic E-state index is 13.6. The topological polar surface area (TPSA) is 112 Å². The lowest BCUT2D eigenvalue weighted by Gasteiger charge is -2.46. The highest BCUT2D eigenvalue weighted by atomic mass is 16.6. The third-order valence-corrected chi connectivity index (χ3v) is 5.87. The number of carbonyl (C=O) groups excluding carboxylic acids is 2. The van der Waals surface area contributed by atoms with Gasteiger partial charge in [-0.3, -0.25) is 9.59 Å². The number of benzene rings is 1. The number of rotatable bonds is 9. The van der Waals surface area contributed by atoms with E-state index in [9.17, 15) is 19.5 Å². The van der Waals surface area contributed by atoms with Crippen LogP contribution in [-0.4, -0.2) is 67.1 Å². The Morgan fingerprint density at radius 1 is 1.18 bits per heavy atom. The summed E-state index contributed by atoms with van der Waals surface area (Å²) in [5.74, 6) is -2.40. The van der Waals surface area contributed by atoms with Gasteiger partial charge in [-0.05, 0) is 26.0 Å². The van der Waals surface area contributed by atoms with E-state index < -0.39 is 35.0 Å². The molecule has 1 aromatic rings. The molecule has 1 heterocycles. The second-order valence-corrected chi connectivity index (χ2v) is 9.66. The van der Waals surface area contributed by atoms with Crippen LogP contribution in [0.4, 0.5) is 5.69 Å². The molecule has 0 spiro atoms. The number of anilines is 1. The fourth-order valence-corrected chi connectivity index (χ4v) is 3.73. The summed E-state index contributed by atoms with van der Waals surface area (Å²) in [6, 6.07) is 7.02. The molecule has 0 bridgehead atoms. The number of esters is 1. The second kappa shape index (κ2) is 10.1. The third-order valence-electron chi connectivity index (χ3n) is 5.87. The van der Waals surface area contributed by atoms with Crippen molar-refractivity contribution in [1.82, 2.24) is 0 Å². The number of aliphatic carboxylic acids is 1. The van der Waals surface area contributed by atoms with E-state index in [1.54, 1.807) is 52.1 Å². The average Bonchev–Trinajstić information content (AvgIpc) is 2.71. The van der Waals surface area contributed by atoms with Crippen LogP contribution in [0.15, 0.2) is 24.3 Å². The van der Waals surface area contributed by atoms with Gasteiger partial charge in [0.2, 0.25) is 5.60 Å². The molecule has 2 atom stereocenters. The molecule has 1 aliphatic rings. The van der Waals surface area contributed by atoms with Gasteiger partial charge >= 0.3 is 11.9 Å². The summed E-state index contributed by atoms with van der Waals surface area (Å²) in [5.41, 5.74) is -3.24. The van der Waals surface area contributed by atoms with E-state index in [-0.39, 0.29) is 18.8 Å². The lowest BCUT2D eigenvalue weighted by atomic mass is 9.71. The van der Waals surface area contributed by atoms with Gasteiger partial charge < -0.3 is 29.0 Å². The monoisotopic (exact) mass is 465 g/mol. The summed E-state index contributed by atoms with van der Waals surface area (Å²) >= 11 is 0. The minimum atomic E-state index is -2.22. The van der Waals surface area contributed by atoms with Crippen LogP contribution in [0, 0.1) is 5.41 Å². The molecular formula is C24H35NO8. The minimum Gasteiger partial charge on any atom is -0.491 e. The van der Waals surface area contributed by atoms with Gasteiger partial charge in [-0.2, -0.15) is 0 Å². The summed E-state index contributed by atoms with van der Waals surface area (Å²) in [6.07, 6.45) is -0.913. The van der Waals surface area contributed by atoms with Crippen molar-refractivity contribution in [3.05, 3.63) is 24.3 Å². The van der Waals surface area contributed by atoms with Gasteiger partial charge in [0.1, 0.15) is 5.75 Å². The summed E-state index contributed by atoms with van der Waals surface area (Å²) in [4.78, 5) is 39.4. The number of carboxylic acid groups (broad SMARTS) is 1. The van der Waals surface area contributed by atoms with Crippen LogP contribution >= 0.6 is 0 Å². The molecule has 1 saturated heterocycles. The number of methoxy groups -OCH3 is 1. The lowest BCUT2D eigenvalue weighted by molar-refractivity contribution is -0.218. The predicted octanol–water partition coefficient (Wildman–Crippen LogP) is 3.04. The van der Waals surface area contributed by atoms with E-state index in [2.05, 4.69) is 0 Å². The van der Waals surface area contributed by atoms with E-state index in [1.165, 1.54) is 4.90 Å². The Bertz CT molecular complexity index is 875. The standard InChI is InChI=1S/C24H35NO8/c1-16(26)33-24(21(28)29,22(2,3)4)19-20(27)25(13-15-32-19)17-10-8-9-11-18(17)31-14-12-23(5,6)30-7/h8-11,19H,12-15H2,1-7H3,(H,28,29)/t19-,24+/m0/s1. The number of hydrogen-bond donors (Lipinski definition) is 1. The highest BCUT2D eigenvalue weighted by Gasteiger charge is 2.63. The van der Waals surface area contributed by atoms with Crippen molar-refractivity contribution in [2.45, 2.75) is 65.3 Å². The molecule has 9 heteroatoms. The van der Waals surface area contributed by atoms with Crippen molar-refractivity contribution in [3.63, 3.8) is 0 Å². The zero-order valence-corrected chi connectivity index (χ0v) is 20.5.